The molecule has 5 rings (SSSR count). The second kappa shape index (κ2) is 8.12. The topological polar surface area (TPSA) is 52.2 Å². The second-order valence-corrected chi connectivity index (χ2v) is 7.50. The van der Waals surface area contributed by atoms with Gasteiger partial charge in [0.05, 0.1) is 6.54 Å². The number of hydrogen-bond donors (Lipinski definition) is 0. The van der Waals surface area contributed by atoms with Crippen LogP contribution in [0.1, 0.15) is 21.5 Å². The third kappa shape index (κ3) is 3.65. The average Bonchev–Trinajstić information content (AvgIpc) is 3.16. The normalized spacial score (nSPS) is 11.5. The molecule has 0 radical (unpaired) electrons. The van der Waals surface area contributed by atoms with Gasteiger partial charge in [-0.25, -0.2) is 9.18 Å². The first-order chi connectivity index (χ1) is 15.6. The summed E-state index contributed by atoms with van der Waals surface area (Å²) in [6.07, 6.45) is 4.93. The zero-order valence-corrected chi connectivity index (χ0v) is 17.0. The number of aromatic nitrogens is 1. The Morgan fingerprint density at radius 3 is 2.59 bits per heavy atom. The van der Waals surface area contributed by atoms with Crippen molar-refractivity contribution in [3.05, 3.63) is 124 Å². The van der Waals surface area contributed by atoms with E-state index >= 15 is 0 Å². The fraction of sp³-hybridized carbons (Fsp3) is 0.0370. The van der Waals surface area contributed by atoms with Crippen LogP contribution in [0.15, 0.2) is 100 Å². The molecule has 2 aromatic heterocycles. The van der Waals surface area contributed by atoms with Crippen molar-refractivity contribution in [2.75, 3.05) is 0 Å². The fourth-order valence-corrected chi connectivity index (χ4v) is 3.84. The van der Waals surface area contributed by atoms with Crippen LogP contribution in [-0.2, 0) is 6.54 Å². The fourth-order valence-electron chi connectivity index (χ4n) is 3.84. The van der Waals surface area contributed by atoms with Crippen molar-refractivity contribution in [3.8, 4) is 0 Å². The van der Waals surface area contributed by atoms with Crippen LogP contribution in [-0.4, -0.2) is 10.4 Å². The van der Waals surface area contributed by atoms with Crippen LogP contribution in [0.25, 0.3) is 27.9 Å². The van der Waals surface area contributed by atoms with Crippen molar-refractivity contribution in [1.82, 2.24) is 4.57 Å². The Balaban J connectivity index is 1.50. The van der Waals surface area contributed by atoms with Crippen LogP contribution in [0.3, 0.4) is 0 Å². The van der Waals surface area contributed by atoms with Crippen LogP contribution in [0.2, 0.25) is 0 Å². The molecule has 4 nitrogen and oxygen atoms in total. The Morgan fingerprint density at radius 2 is 1.72 bits per heavy atom. The van der Waals surface area contributed by atoms with Gasteiger partial charge in [0.25, 0.3) is 0 Å². The molecular formula is C27H18FNO3. The number of halogens is 1. The molecule has 0 N–H and O–H groups in total. The molecule has 0 aliphatic heterocycles. The first kappa shape index (κ1) is 19.7. The van der Waals surface area contributed by atoms with E-state index in [0.29, 0.717) is 23.1 Å². The van der Waals surface area contributed by atoms with Crippen molar-refractivity contribution >= 4 is 33.7 Å². The van der Waals surface area contributed by atoms with Gasteiger partial charge in [-0.15, -0.1) is 0 Å². The van der Waals surface area contributed by atoms with E-state index in [4.69, 9.17) is 4.42 Å². The molecular weight excluding hydrogens is 405 g/mol. The van der Waals surface area contributed by atoms with Crippen LogP contribution >= 0.6 is 0 Å². The lowest BCUT2D eigenvalue weighted by Crippen LogP contribution is -2.11. The molecule has 0 spiro atoms. The number of carbonyl (C=O) groups is 1. The maximum absolute atomic E-state index is 14.2. The van der Waals surface area contributed by atoms with Gasteiger partial charge in [0.1, 0.15) is 17.0 Å². The Morgan fingerprint density at radius 1 is 0.969 bits per heavy atom. The van der Waals surface area contributed by atoms with Crippen LogP contribution in [0.5, 0.6) is 0 Å². The standard InChI is InChI=1S/C27H18FNO3/c28-23-10-4-1-8-20(23)17-29-16-19(21-9-3-5-11-24(21)29)13-14-25(30)22-15-18-7-2-6-12-26(18)32-27(22)31/h1-16H,17H2/b14-13+. The van der Waals surface area contributed by atoms with Crippen molar-refractivity contribution < 1.29 is 13.6 Å². The smallest absolute Gasteiger partial charge is 0.347 e. The SMILES string of the molecule is O=C(/C=C/c1cn(Cc2ccccc2F)c2ccccc12)c1cc2ccccc2oc1=O. The number of benzene rings is 3. The molecule has 0 amide bonds. The number of nitrogens with zero attached hydrogens (tertiary/aromatic N) is 1. The molecule has 0 aliphatic rings. The summed E-state index contributed by atoms with van der Waals surface area (Å²) in [6, 6.07) is 23.0. The quantitative estimate of drug-likeness (QED) is 0.203. The van der Waals surface area contributed by atoms with E-state index in [0.717, 1.165) is 16.5 Å². The summed E-state index contributed by atoms with van der Waals surface area (Å²) in [5.74, 6) is -0.698. The minimum Gasteiger partial charge on any atom is -0.422 e. The number of fused-ring (bicyclic) bond motifs is 2. The number of rotatable bonds is 5. The van der Waals surface area contributed by atoms with Crippen LogP contribution in [0.4, 0.5) is 4.39 Å². The van der Waals surface area contributed by atoms with Gasteiger partial charge in [0, 0.05) is 33.6 Å². The van der Waals surface area contributed by atoms with Gasteiger partial charge in [-0.05, 0) is 36.4 Å². The van der Waals surface area contributed by atoms with Gasteiger partial charge in [0.2, 0.25) is 0 Å². The minimum absolute atomic E-state index is 0.0185. The summed E-state index contributed by atoms with van der Waals surface area (Å²) in [7, 11) is 0. The molecule has 5 heteroatoms. The Labute approximate surface area is 182 Å². The number of para-hydroxylation sites is 2. The maximum atomic E-state index is 14.2. The number of carbonyl (C=O) groups excluding carboxylic acids is 1. The lowest BCUT2D eigenvalue weighted by Gasteiger charge is -2.06. The van der Waals surface area contributed by atoms with Crippen LogP contribution < -0.4 is 5.63 Å². The highest BCUT2D eigenvalue weighted by atomic mass is 19.1. The first-order valence-corrected chi connectivity index (χ1v) is 10.2. The largest absolute Gasteiger partial charge is 0.422 e. The minimum atomic E-state index is -0.666. The van der Waals surface area contributed by atoms with E-state index in [-0.39, 0.29) is 11.4 Å². The molecule has 0 fully saturated rings. The third-order valence-electron chi connectivity index (χ3n) is 5.44. The summed E-state index contributed by atoms with van der Waals surface area (Å²) in [4.78, 5) is 25.0. The zero-order chi connectivity index (χ0) is 22.1. The van der Waals surface area contributed by atoms with Gasteiger partial charge in [-0.1, -0.05) is 54.6 Å². The Kier molecular flexibility index (Phi) is 5.00. The van der Waals surface area contributed by atoms with E-state index in [1.54, 1.807) is 48.5 Å². The molecule has 32 heavy (non-hydrogen) atoms. The molecule has 156 valence electrons. The zero-order valence-electron chi connectivity index (χ0n) is 17.0. The molecule has 5 aromatic rings. The number of hydrogen-bond acceptors (Lipinski definition) is 3. The second-order valence-electron chi connectivity index (χ2n) is 7.50. The van der Waals surface area contributed by atoms with Crippen molar-refractivity contribution in [2.24, 2.45) is 0 Å². The summed E-state index contributed by atoms with van der Waals surface area (Å²) >= 11 is 0. The van der Waals surface area contributed by atoms with Gasteiger partial charge in [-0.3, -0.25) is 4.79 Å². The highest BCUT2D eigenvalue weighted by Gasteiger charge is 2.13. The summed E-state index contributed by atoms with van der Waals surface area (Å²) in [5.41, 5.74) is 2.06. The monoisotopic (exact) mass is 423 g/mol. The van der Waals surface area contributed by atoms with Gasteiger partial charge in [0.15, 0.2) is 5.78 Å². The van der Waals surface area contributed by atoms with Crippen molar-refractivity contribution in [3.63, 3.8) is 0 Å². The lowest BCUT2D eigenvalue weighted by atomic mass is 10.1. The molecule has 0 unspecified atom stereocenters. The average molecular weight is 423 g/mol. The van der Waals surface area contributed by atoms with Gasteiger partial charge in [-0.2, -0.15) is 0 Å². The molecule has 2 heterocycles. The van der Waals surface area contributed by atoms with Crippen molar-refractivity contribution in [1.29, 1.82) is 0 Å². The Bertz CT molecular complexity index is 1560. The number of ketones is 1. The van der Waals surface area contributed by atoms with E-state index in [9.17, 15) is 14.0 Å². The molecule has 0 atom stereocenters. The highest BCUT2D eigenvalue weighted by molar-refractivity contribution is 6.08. The van der Waals surface area contributed by atoms with Gasteiger partial charge >= 0.3 is 5.63 Å². The lowest BCUT2D eigenvalue weighted by molar-refractivity contribution is 0.104. The van der Waals surface area contributed by atoms with E-state index < -0.39 is 11.4 Å². The van der Waals surface area contributed by atoms with Crippen molar-refractivity contribution in [2.45, 2.75) is 6.54 Å². The van der Waals surface area contributed by atoms with E-state index in [2.05, 4.69) is 0 Å². The molecule has 0 saturated carbocycles. The highest BCUT2D eigenvalue weighted by Crippen LogP contribution is 2.24. The number of allylic oxidation sites excluding steroid dienone is 1. The van der Waals surface area contributed by atoms with Gasteiger partial charge < -0.3 is 8.98 Å². The maximum Gasteiger partial charge on any atom is 0.347 e. The Hall–Kier alpha value is -4.25. The third-order valence-corrected chi connectivity index (χ3v) is 5.44. The predicted octanol–water partition coefficient (Wildman–Crippen LogP) is 5.83. The molecule has 0 bridgehead atoms. The predicted molar refractivity (Wildman–Crippen MR) is 123 cm³/mol. The molecule has 3 aromatic carbocycles. The van der Waals surface area contributed by atoms with E-state index in [1.807, 2.05) is 41.1 Å². The first-order valence-electron chi connectivity index (χ1n) is 10.2. The summed E-state index contributed by atoms with van der Waals surface area (Å²) in [6.45, 7) is 0.364. The molecule has 0 aliphatic carbocycles. The summed E-state index contributed by atoms with van der Waals surface area (Å²) in [5, 5.41) is 1.61. The van der Waals surface area contributed by atoms with Crippen LogP contribution in [0, 0.1) is 5.82 Å². The summed E-state index contributed by atoms with van der Waals surface area (Å²) < 4.78 is 21.4. The molecule has 0 saturated heterocycles. The van der Waals surface area contributed by atoms with E-state index in [1.165, 1.54) is 12.1 Å².